The first-order valence-corrected chi connectivity index (χ1v) is 10.0. The normalized spacial score (nSPS) is 22.0. The van der Waals surface area contributed by atoms with Gasteiger partial charge in [-0.2, -0.15) is 0 Å². The summed E-state index contributed by atoms with van der Waals surface area (Å²) in [6.45, 7) is 8.48. The van der Waals surface area contributed by atoms with Gasteiger partial charge in [-0.15, -0.1) is 0 Å². The van der Waals surface area contributed by atoms with E-state index < -0.39 is 5.97 Å². The zero-order chi connectivity index (χ0) is 19.1. The van der Waals surface area contributed by atoms with Gasteiger partial charge in [0.1, 0.15) is 5.75 Å². The van der Waals surface area contributed by atoms with Crippen molar-refractivity contribution in [3.8, 4) is 5.75 Å². The standard InChI is InChI=1S/C20H31N3O4/c1-2-22-7-5-16(6-8-22)15-27-19-11-17(12-21-13-19)23-9-10-26-18(14-23)3-4-20(24)25/h11-13,16,18H,2-10,14-15H2,1H3,(H,24,25)/t18-/m0/s1. The quantitative estimate of drug-likeness (QED) is 0.745. The van der Waals surface area contributed by atoms with E-state index in [4.69, 9.17) is 14.6 Å². The van der Waals surface area contributed by atoms with Crippen molar-refractivity contribution in [2.24, 2.45) is 5.92 Å². The molecule has 150 valence electrons. The molecule has 0 aliphatic carbocycles. The minimum absolute atomic E-state index is 0.0526. The Bertz CT molecular complexity index is 605. The van der Waals surface area contributed by atoms with E-state index in [1.54, 1.807) is 6.20 Å². The number of pyridine rings is 1. The van der Waals surface area contributed by atoms with Crippen LogP contribution in [0.1, 0.15) is 32.6 Å². The highest BCUT2D eigenvalue weighted by atomic mass is 16.5. The van der Waals surface area contributed by atoms with Gasteiger partial charge >= 0.3 is 5.97 Å². The molecule has 7 heteroatoms. The molecule has 0 radical (unpaired) electrons. The Hall–Kier alpha value is -1.86. The lowest BCUT2D eigenvalue weighted by Crippen LogP contribution is -2.42. The number of aromatic nitrogens is 1. The highest BCUT2D eigenvalue weighted by Gasteiger charge is 2.22. The van der Waals surface area contributed by atoms with Crippen molar-refractivity contribution in [3.63, 3.8) is 0 Å². The van der Waals surface area contributed by atoms with Crippen LogP contribution in [0.2, 0.25) is 0 Å². The highest BCUT2D eigenvalue weighted by Crippen LogP contribution is 2.24. The molecule has 2 saturated heterocycles. The lowest BCUT2D eigenvalue weighted by molar-refractivity contribution is -0.137. The van der Waals surface area contributed by atoms with E-state index in [9.17, 15) is 4.79 Å². The molecule has 0 aromatic carbocycles. The Morgan fingerprint density at radius 1 is 1.33 bits per heavy atom. The third-order valence-electron chi connectivity index (χ3n) is 5.52. The number of carbonyl (C=O) groups is 1. The summed E-state index contributed by atoms with van der Waals surface area (Å²) < 4.78 is 11.7. The summed E-state index contributed by atoms with van der Waals surface area (Å²) in [5, 5.41) is 8.86. The lowest BCUT2D eigenvalue weighted by Gasteiger charge is -2.34. The third-order valence-corrected chi connectivity index (χ3v) is 5.52. The molecular formula is C20H31N3O4. The van der Waals surface area contributed by atoms with Gasteiger partial charge in [0.15, 0.2) is 0 Å². The number of anilines is 1. The van der Waals surface area contributed by atoms with Crippen LogP contribution >= 0.6 is 0 Å². The van der Waals surface area contributed by atoms with Crippen LogP contribution < -0.4 is 9.64 Å². The number of nitrogens with zero attached hydrogens (tertiary/aromatic N) is 3. The van der Waals surface area contributed by atoms with Crippen molar-refractivity contribution in [2.45, 2.75) is 38.7 Å². The van der Waals surface area contributed by atoms with Crippen molar-refractivity contribution in [2.75, 3.05) is 50.8 Å². The molecule has 2 fully saturated rings. The Labute approximate surface area is 161 Å². The Balaban J connectivity index is 1.50. The van der Waals surface area contributed by atoms with E-state index in [0.717, 1.165) is 44.2 Å². The number of rotatable bonds is 8. The summed E-state index contributed by atoms with van der Waals surface area (Å²) in [6, 6.07) is 2.04. The topological polar surface area (TPSA) is 75.1 Å². The molecule has 2 aliphatic heterocycles. The van der Waals surface area contributed by atoms with E-state index >= 15 is 0 Å². The first kappa shape index (κ1) is 19.9. The van der Waals surface area contributed by atoms with Gasteiger partial charge in [-0.1, -0.05) is 6.92 Å². The maximum absolute atomic E-state index is 10.8. The van der Waals surface area contributed by atoms with Crippen molar-refractivity contribution in [3.05, 3.63) is 18.5 Å². The summed E-state index contributed by atoms with van der Waals surface area (Å²) in [5.74, 6) is 0.636. The van der Waals surface area contributed by atoms with Gasteiger partial charge < -0.3 is 24.4 Å². The van der Waals surface area contributed by atoms with E-state index in [1.165, 1.54) is 12.8 Å². The van der Waals surface area contributed by atoms with Crippen LogP contribution in [0.3, 0.4) is 0 Å². The van der Waals surface area contributed by atoms with E-state index in [1.807, 2.05) is 12.3 Å². The number of ether oxygens (including phenoxy) is 2. The van der Waals surface area contributed by atoms with Gasteiger partial charge in [0.05, 0.1) is 37.4 Å². The number of carboxylic acid groups (broad SMARTS) is 1. The second kappa shape index (κ2) is 9.90. The maximum Gasteiger partial charge on any atom is 0.303 e. The van der Waals surface area contributed by atoms with Crippen molar-refractivity contribution < 1.29 is 19.4 Å². The summed E-state index contributed by atoms with van der Waals surface area (Å²) in [5.41, 5.74) is 1.01. The van der Waals surface area contributed by atoms with Crippen molar-refractivity contribution >= 4 is 11.7 Å². The molecule has 0 spiro atoms. The highest BCUT2D eigenvalue weighted by molar-refractivity contribution is 5.66. The number of piperidine rings is 1. The van der Waals surface area contributed by atoms with Gasteiger partial charge in [0.2, 0.25) is 0 Å². The van der Waals surface area contributed by atoms with Gasteiger partial charge in [-0.3, -0.25) is 9.78 Å². The zero-order valence-corrected chi connectivity index (χ0v) is 16.2. The minimum atomic E-state index is -0.780. The fourth-order valence-electron chi connectivity index (χ4n) is 3.76. The molecule has 3 rings (SSSR count). The van der Waals surface area contributed by atoms with Crippen LogP contribution in [-0.4, -0.2) is 73.0 Å². The largest absolute Gasteiger partial charge is 0.492 e. The van der Waals surface area contributed by atoms with Crippen LogP contribution in [0, 0.1) is 5.92 Å². The summed E-state index contributed by atoms with van der Waals surface area (Å²) in [4.78, 5) is 19.8. The monoisotopic (exact) mass is 377 g/mol. The zero-order valence-electron chi connectivity index (χ0n) is 16.2. The number of morpholine rings is 1. The molecule has 0 bridgehead atoms. The van der Waals surface area contributed by atoms with Crippen molar-refractivity contribution in [1.82, 2.24) is 9.88 Å². The SMILES string of the molecule is CCN1CCC(COc2cncc(N3CCO[C@@H](CCC(=O)O)C3)c2)CC1. The fraction of sp³-hybridized carbons (Fsp3) is 0.700. The molecule has 0 unspecified atom stereocenters. The predicted molar refractivity (Wildman–Crippen MR) is 103 cm³/mol. The van der Waals surface area contributed by atoms with Crippen LogP contribution in [0.15, 0.2) is 18.5 Å². The molecule has 1 N–H and O–H groups in total. The molecule has 0 saturated carbocycles. The average Bonchev–Trinajstić information content (AvgIpc) is 2.71. The van der Waals surface area contributed by atoms with Gasteiger partial charge in [-0.05, 0) is 44.8 Å². The maximum atomic E-state index is 10.8. The summed E-state index contributed by atoms with van der Waals surface area (Å²) in [7, 11) is 0. The molecule has 1 atom stereocenters. The number of likely N-dealkylation sites (tertiary alicyclic amines) is 1. The van der Waals surface area contributed by atoms with Gasteiger partial charge in [0.25, 0.3) is 0 Å². The fourth-order valence-corrected chi connectivity index (χ4v) is 3.76. The molecule has 2 aliphatic rings. The van der Waals surface area contributed by atoms with Crippen LogP contribution in [0.4, 0.5) is 5.69 Å². The van der Waals surface area contributed by atoms with E-state index in [2.05, 4.69) is 21.7 Å². The van der Waals surface area contributed by atoms with E-state index in [0.29, 0.717) is 25.5 Å². The van der Waals surface area contributed by atoms with Crippen LogP contribution in [0.25, 0.3) is 0 Å². The Morgan fingerprint density at radius 3 is 2.89 bits per heavy atom. The molecule has 1 aromatic rings. The first-order valence-electron chi connectivity index (χ1n) is 10.0. The number of aliphatic carboxylic acids is 1. The molecule has 7 nitrogen and oxygen atoms in total. The minimum Gasteiger partial charge on any atom is -0.492 e. The molecule has 1 aromatic heterocycles. The average molecular weight is 377 g/mol. The molecule has 0 amide bonds. The smallest absolute Gasteiger partial charge is 0.303 e. The number of hydrogen-bond donors (Lipinski definition) is 1. The summed E-state index contributed by atoms with van der Waals surface area (Å²) in [6.07, 6.45) is 6.61. The first-order chi connectivity index (χ1) is 13.1. The lowest BCUT2D eigenvalue weighted by atomic mass is 9.98. The Kier molecular flexibility index (Phi) is 7.29. The van der Waals surface area contributed by atoms with Gasteiger partial charge in [0, 0.05) is 25.6 Å². The molecule has 3 heterocycles. The number of carboxylic acids is 1. The van der Waals surface area contributed by atoms with Crippen LogP contribution in [0.5, 0.6) is 5.75 Å². The summed E-state index contributed by atoms with van der Waals surface area (Å²) >= 11 is 0. The predicted octanol–water partition coefficient (Wildman–Crippen LogP) is 2.26. The molecule has 27 heavy (non-hydrogen) atoms. The Morgan fingerprint density at radius 2 is 2.15 bits per heavy atom. The molecular weight excluding hydrogens is 346 g/mol. The van der Waals surface area contributed by atoms with E-state index in [-0.39, 0.29) is 12.5 Å². The van der Waals surface area contributed by atoms with Crippen molar-refractivity contribution in [1.29, 1.82) is 0 Å². The second-order valence-corrected chi connectivity index (χ2v) is 7.44. The third kappa shape index (κ3) is 6.07. The second-order valence-electron chi connectivity index (χ2n) is 7.44. The van der Waals surface area contributed by atoms with Crippen LogP contribution in [-0.2, 0) is 9.53 Å². The van der Waals surface area contributed by atoms with Gasteiger partial charge in [-0.25, -0.2) is 0 Å². The number of hydrogen-bond acceptors (Lipinski definition) is 6.